The Labute approximate surface area is 181 Å². The van der Waals surface area contributed by atoms with Gasteiger partial charge in [0.25, 0.3) is 5.91 Å². The van der Waals surface area contributed by atoms with Crippen molar-refractivity contribution in [2.24, 2.45) is 0 Å². The molecule has 6 nitrogen and oxygen atoms in total. The van der Waals surface area contributed by atoms with Crippen LogP contribution in [0.15, 0.2) is 48.5 Å². The van der Waals surface area contributed by atoms with Crippen molar-refractivity contribution in [2.75, 3.05) is 11.9 Å². The minimum Gasteiger partial charge on any atom is -0.325 e. The number of benzene rings is 2. The number of anilines is 1. The van der Waals surface area contributed by atoms with Crippen LogP contribution < -0.4 is 10.6 Å². The highest BCUT2D eigenvalue weighted by molar-refractivity contribution is 6.30. The monoisotopic (exact) mass is 427 g/mol. The number of carbonyl (C=O) groups is 3. The molecule has 0 radical (unpaired) electrons. The number of imide groups is 1. The molecule has 4 amide bonds. The fourth-order valence-corrected chi connectivity index (χ4v) is 3.67. The average Bonchev–Trinajstić information content (AvgIpc) is 2.93. The molecule has 158 valence electrons. The zero-order valence-electron chi connectivity index (χ0n) is 17.6. The number of halogens is 1. The molecule has 1 atom stereocenters. The molecule has 30 heavy (non-hydrogen) atoms. The number of nitrogens with one attached hydrogen (secondary N) is 2. The quantitative estimate of drug-likeness (QED) is 0.692. The second-order valence-electron chi connectivity index (χ2n) is 8.46. The van der Waals surface area contributed by atoms with Crippen LogP contribution in [0.25, 0.3) is 0 Å². The van der Waals surface area contributed by atoms with E-state index in [0.29, 0.717) is 22.7 Å². The first-order chi connectivity index (χ1) is 14.1. The largest absolute Gasteiger partial charge is 0.325 e. The Balaban J connectivity index is 1.73. The first-order valence-corrected chi connectivity index (χ1v) is 10.2. The summed E-state index contributed by atoms with van der Waals surface area (Å²) in [6.07, 6.45) is 0.353. The van der Waals surface area contributed by atoms with Gasteiger partial charge in [0, 0.05) is 10.7 Å². The minimum atomic E-state index is -1.20. The maximum atomic E-state index is 13.1. The zero-order valence-corrected chi connectivity index (χ0v) is 18.3. The Morgan fingerprint density at radius 3 is 2.20 bits per heavy atom. The fraction of sp³-hybridized carbons (Fsp3) is 0.348. The van der Waals surface area contributed by atoms with Crippen LogP contribution in [-0.2, 0) is 20.5 Å². The summed E-state index contributed by atoms with van der Waals surface area (Å²) >= 11 is 5.95. The SMILES string of the molecule is CCC1(c2ccc(Cl)cc2)NC(=O)N(CC(=O)Nc2ccc(C(C)(C)C)cc2)C1=O. The highest BCUT2D eigenvalue weighted by Gasteiger charge is 2.51. The number of hydrogen-bond donors (Lipinski definition) is 2. The van der Waals surface area contributed by atoms with E-state index >= 15 is 0 Å². The van der Waals surface area contributed by atoms with Crippen molar-refractivity contribution in [1.82, 2.24) is 10.2 Å². The average molecular weight is 428 g/mol. The van der Waals surface area contributed by atoms with Crippen molar-refractivity contribution in [3.05, 3.63) is 64.7 Å². The number of hydrogen-bond acceptors (Lipinski definition) is 3. The number of rotatable bonds is 5. The van der Waals surface area contributed by atoms with Crippen molar-refractivity contribution >= 4 is 35.1 Å². The molecular formula is C23H26ClN3O3. The van der Waals surface area contributed by atoms with Crippen molar-refractivity contribution in [2.45, 2.75) is 45.1 Å². The van der Waals surface area contributed by atoms with Gasteiger partial charge >= 0.3 is 6.03 Å². The van der Waals surface area contributed by atoms with Crippen molar-refractivity contribution in [3.8, 4) is 0 Å². The topological polar surface area (TPSA) is 78.5 Å². The lowest BCUT2D eigenvalue weighted by Gasteiger charge is -2.25. The van der Waals surface area contributed by atoms with Crippen LogP contribution in [0.2, 0.25) is 5.02 Å². The molecule has 0 aromatic heterocycles. The lowest BCUT2D eigenvalue weighted by Crippen LogP contribution is -2.44. The van der Waals surface area contributed by atoms with Crippen LogP contribution in [0.3, 0.4) is 0 Å². The molecule has 0 aliphatic carbocycles. The van der Waals surface area contributed by atoms with E-state index in [4.69, 9.17) is 11.6 Å². The summed E-state index contributed by atoms with van der Waals surface area (Å²) in [5.74, 6) is -0.888. The van der Waals surface area contributed by atoms with Gasteiger partial charge in [0.05, 0.1) is 0 Å². The Morgan fingerprint density at radius 2 is 1.67 bits per heavy atom. The Hall–Kier alpha value is -2.86. The minimum absolute atomic E-state index is 0.00769. The van der Waals surface area contributed by atoms with E-state index in [1.165, 1.54) is 0 Å². The summed E-state index contributed by atoms with van der Waals surface area (Å²) in [5, 5.41) is 6.05. The predicted molar refractivity (Wildman–Crippen MR) is 117 cm³/mol. The van der Waals surface area contributed by atoms with Crippen molar-refractivity contribution in [3.63, 3.8) is 0 Å². The molecule has 0 bridgehead atoms. The van der Waals surface area contributed by atoms with E-state index < -0.39 is 23.4 Å². The fourth-order valence-electron chi connectivity index (χ4n) is 3.54. The van der Waals surface area contributed by atoms with Crippen molar-refractivity contribution < 1.29 is 14.4 Å². The van der Waals surface area contributed by atoms with Gasteiger partial charge in [-0.1, -0.05) is 63.6 Å². The van der Waals surface area contributed by atoms with E-state index in [2.05, 4.69) is 31.4 Å². The Morgan fingerprint density at radius 1 is 1.07 bits per heavy atom. The predicted octanol–water partition coefficient (Wildman–Crippen LogP) is 4.43. The van der Waals surface area contributed by atoms with Gasteiger partial charge in [0.2, 0.25) is 5.91 Å². The van der Waals surface area contributed by atoms with E-state index in [1.807, 2.05) is 31.2 Å². The van der Waals surface area contributed by atoms with Crippen LogP contribution in [0.4, 0.5) is 10.5 Å². The van der Waals surface area contributed by atoms with Gasteiger partial charge in [-0.25, -0.2) is 4.79 Å². The maximum Gasteiger partial charge on any atom is 0.325 e. The smallest absolute Gasteiger partial charge is 0.325 e. The molecule has 7 heteroatoms. The summed E-state index contributed by atoms with van der Waals surface area (Å²) < 4.78 is 0. The number of carbonyl (C=O) groups excluding carboxylic acids is 3. The van der Waals surface area contributed by atoms with E-state index in [-0.39, 0.29) is 12.0 Å². The Kier molecular flexibility index (Phi) is 5.90. The molecule has 1 unspecified atom stereocenters. The number of amides is 4. The van der Waals surface area contributed by atoms with Crippen LogP contribution >= 0.6 is 11.6 Å². The summed E-state index contributed by atoms with van der Waals surface area (Å²) in [6, 6.07) is 13.7. The molecule has 2 aromatic rings. The van der Waals surface area contributed by atoms with Gasteiger partial charge < -0.3 is 10.6 Å². The third-order valence-corrected chi connectivity index (χ3v) is 5.63. The summed E-state index contributed by atoms with van der Waals surface area (Å²) in [5.41, 5.74) is 1.20. The van der Waals surface area contributed by atoms with Crippen LogP contribution in [0, 0.1) is 0 Å². The standard InChI is InChI=1S/C23H26ClN3O3/c1-5-23(16-6-10-17(24)11-7-16)20(29)27(21(30)26-23)14-19(28)25-18-12-8-15(9-13-18)22(2,3)4/h6-13H,5,14H2,1-4H3,(H,25,28)(H,26,30). The van der Waals surface area contributed by atoms with Crippen LogP contribution in [0.5, 0.6) is 0 Å². The van der Waals surface area contributed by atoms with Crippen LogP contribution in [0.1, 0.15) is 45.2 Å². The van der Waals surface area contributed by atoms with E-state index in [0.717, 1.165) is 10.5 Å². The highest BCUT2D eigenvalue weighted by Crippen LogP contribution is 2.33. The summed E-state index contributed by atoms with van der Waals surface area (Å²) in [6.45, 7) is 7.78. The molecular weight excluding hydrogens is 402 g/mol. The molecule has 1 aliphatic rings. The van der Waals surface area contributed by atoms with Gasteiger partial charge in [-0.05, 0) is 47.2 Å². The molecule has 1 aliphatic heterocycles. The summed E-state index contributed by atoms with van der Waals surface area (Å²) in [4.78, 5) is 39.1. The molecule has 2 N–H and O–H groups in total. The third kappa shape index (κ3) is 4.19. The molecule has 1 saturated heterocycles. The molecule has 3 rings (SSSR count). The van der Waals surface area contributed by atoms with Crippen LogP contribution in [-0.4, -0.2) is 29.3 Å². The van der Waals surface area contributed by atoms with Gasteiger partial charge in [0.15, 0.2) is 0 Å². The number of urea groups is 1. The molecule has 1 fully saturated rings. The van der Waals surface area contributed by atoms with Gasteiger partial charge in [-0.2, -0.15) is 0 Å². The summed E-state index contributed by atoms with van der Waals surface area (Å²) in [7, 11) is 0. The molecule has 0 saturated carbocycles. The third-order valence-electron chi connectivity index (χ3n) is 5.38. The first kappa shape index (κ1) is 21.8. The first-order valence-electron chi connectivity index (χ1n) is 9.87. The Bertz CT molecular complexity index is 965. The van der Waals surface area contributed by atoms with E-state index in [9.17, 15) is 14.4 Å². The molecule has 0 spiro atoms. The second-order valence-corrected chi connectivity index (χ2v) is 8.90. The van der Waals surface area contributed by atoms with Gasteiger partial charge in [-0.3, -0.25) is 14.5 Å². The molecule has 1 heterocycles. The van der Waals surface area contributed by atoms with E-state index in [1.54, 1.807) is 24.3 Å². The normalized spacial score (nSPS) is 19.0. The maximum absolute atomic E-state index is 13.1. The lowest BCUT2D eigenvalue weighted by atomic mass is 9.87. The zero-order chi connectivity index (χ0) is 22.1. The van der Waals surface area contributed by atoms with Crippen molar-refractivity contribution in [1.29, 1.82) is 0 Å². The van der Waals surface area contributed by atoms with Gasteiger partial charge in [0.1, 0.15) is 12.1 Å². The number of nitrogens with zero attached hydrogens (tertiary/aromatic N) is 1. The second kappa shape index (κ2) is 8.11. The lowest BCUT2D eigenvalue weighted by molar-refractivity contribution is -0.134. The molecule has 2 aromatic carbocycles. The van der Waals surface area contributed by atoms with Gasteiger partial charge in [-0.15, -0.1) is 0 Å². The highest BCUT2D eigenvalue weighted by atomic mass is 35.5.